The summed E-state index contributed by atoms with van der Waals surface area (Å²) in [5, 5.41) is 0. The molecule has 23 heavy (non-hydrogen) atoms. The van der Waals surface area contributed by atoms with Gasteiger partial charge in [-0.25, -0.2) is 0 Å². The Bertz CT molecular complexity index is 201. The molecule has 148 valence electrons. The van der Waals surface area contributed by atoms with Crippen molar-refractivity contribution >= 4 is 0 Å². The minimum Gasteiger partial charge on any atom is -0.379 e. The highest BCUT2D eigenvalue weighted by atomic mass is 16.6. The van der Waals surface area contributed by atoms with Gasteiger partial charge in [-0.05, 0) is 20.3 Å². The third-order valence-corrected chi connectivity index (χ3v) is 2.07. The molecule has 0 aliphatic heterocycles. The van der Waals surface area contributed by atoms with Gasteiger partial charge >= 0.3 is 0 Å². The van der Waals surface area contributed by atoms with Gasteiger partial charge in [0.25, 0.3) is 0 Å². The van der Waals surface area contributed by atoms with Gasteiger partial charge in [0.05, 0.1) is 26.4 Å². The fourth-order valence-corrected chi connectivity index (χ4v) is 1.16. The van der Waals surface area contributed by atoms with Crippen molar-refractivity contribution in [3.8, 4) is 0 Å². The second-order valence-electron chi connectivity index (χ2n) is 3.71. The quantitative estimate of drug-likeness (QED) is 0.307. The van der Waals surface area contributed by atoms with E-state index in [1.807, 2.05) is 38.2 Å². The lowest BCUT2D eigenvalue weighted by Gasteiger charge is -2.16. The summed E-state index contributed by atoms with van der Waals surface area (Å²) in [5.74, 6) is 0. The van der Waals surface area contributed by atoms with E-state index in [4.69, 9.17) is 14.2 Å². The van der Waals surface area contributed by atoms with Crippen LogP contribution in [0.2, 0.25) is 0 Å². The standard InChI is InChI=1S/C14H26O3.6CH4/c1-4-7-10-16-13-14(12-15-9-6-3)17-11-8-5-2;;;;;;/h4-5,7-8,14H,6,9-13H2,1-3H3;6*1H4/b7-4+,8-5+;;;;;;. The molecule has 0 saturated carbocycles. The smallest absolute Gasteiger partial charge is 0.105 e. The first-order chi connectivity index (χ1) is 8.35. The van der Waals surface area contributed by atoms with Crippen molar-refractivity contribution in [3.63, 3.8) is 0 Å². The summed E-state index contributed by atoms with van der Waals surface area (Å²) in [6.45, 7) is 9.25. The van der Waals surface area contributed by atoms with E-state index < -0.39 is 0 Å². The van der Waals surface area contributed by atoms with Crippen molar-refractivity contribution in [2.24, 2.45) is 0 Å². The molecule has 0 spiro atoms. The van der Waals surface area contributed by atoms with Crippen molar-refractivity contribution < 1.29 is 14.2 Å². The molecule has 0 aromatic heterocycles. The van der Waals surface area contributed by atoms with Crippen LogP contribution in [0.4, 0.5) is 0 Å². The summed E-state index contributed by atoms with van der Waals surface area (Å²) in [4.78, 5) is 0. The van der Waals surface area contributed by atoms with E-state index in [2.05, 4.69) is 6.92 Å². The molecule has 0 bridgehead atoms. The van der Waals surface area contributed by atoms with Gasteiger partial charge in [-0.1, -0.05) is 75.8 Å². The zero-order chi connectivity index (χ0) is 12.8. The third kappa shape index (κ3) is 33.9. The molecule has 0 fully saturated rings. The highest BCUT2D eigenvalue weighted by Gasteiger charge is 2.08. The number of allylic oxidation sites excluding steroid dienone is 2. The minimum absolute atomic E-state index is 0. The molecule has 3 heteroatoms. The van der Waals surface area contributed by atoms with Gasteiger partial charge in [-0.15, -0.1) is 0 Å². The van der Waals surface area contributed by atoms with E-state index in [0.29, 0.717) is 26.4 Å². The first kappa shape index (κ1) is 43.2. The predicted molar refractivity (Wildman–Crippen MR) is 112 cm³/mol. The van der Waals surface area contributed by atoms with Crippen molar-refractivity contribution in [1.29, 1.82) is 0 Å². The molecule has 0 rings (SSSR count). The Balaban J connectivity index is -0.0000000853. The lowest BCUT2D eigenvalue weighted by atomic mass is 10.4. The van der Waals surface area contributed by atoms with E-state index in [1.165, 1.54) is 0 Å². The highest BCUT2D eigenvalue weighted by Crippen LogP contribution is 1.97. The molecular weight excluding hydrogens is 288 g/mol. The topological polar surface area (TPSA) is 27.7 Å². The van der Waals surface area contributed by atoms with E-state index >= 15 is 0 Å². The van der Waals surface area contributed by atoms with E-state index in [0.717, 1.165) is 13.0 Å². The summed E-state index contributed by atoms with van der Waals surface area (Å²) in [5.41, 5.74) is 0. The molecule has 0 amide bonds. The maximum absolute atomic E-state index is 5.65. The molecule has 0 radical (unpaired) electrons. The summed E-state index contributed by atoms with van der Waals surface area (Å²) in [6.07, 6.45) is 8.96. The van der Waals surface area contributed by atoms with E-state index in [1.54, 1.807) is 0 Å². The fourth-order valence-electron chi connectivity index (χ4n) is 1.16. The summed E-state index contributed by atoms with van der Waals surface area (Å²) in [7, 11) is 0. The van der Waals surface area contributed by atoms with Crippen molar-refractivity contribution in [1.82, 2.24) is 0 Å². The average Bonchev–Trinajstić information content (AvgIpc) is 2.34. The number of ether oxygens (including phenoxy) is 3. The fraction of sp³-hybridized carbons (Fsp3) is 0.800. The Morgan fingerprint density at radius 3 is 1.70 bits per heavy atom. The Morgan fingerprint density at radius 2 is 1.22 bits per heavy atom. The largest absolute Gasteiger partial charge is 0.379 e. The molecule has 3 nitrogen and oxygen atoms in total. The molecule has 1 atom stereocenters. The van der Waals surface area contributed by atoms with Gasteiger partial charge in [0.2, 0.25) is 0 Å². The van der Waals surface area contributed by atoms with Crippen LogP contribution < -0.4 is 0 Å². The average molecular weight is 339 g/mol. The zero-order valence-corrected chi connectivity index (χ0v) is 11.4. The first-order valence-corrected chi connectivity index (χ1v) is 6.34. The van der Waals surface area contributed by atoms with Crippen LogP contribution in [0.25, 0.3) is 0 Å². The lowest BCUT2D eigenvalue weighted by molar-refractivity contribution is -0.0473. The first-order valence-electron chi connectivity index (χ1n) is 6.34. The molecule has 0 aromatic carbocycles. The van der Waals surface area contributed by atoms with E-state index in [9.17, 15) is 0 Å². The van der Waals surface area contributed by atoms with Gasteiger partial charge in [0, 0.05) is 6.61 Å². The van der Waals surface area contributed by atoms with Crippen LogP contribution in [-0.2, 0) is 14.2 Å². The maximum Gasteiger partial charge on any atom is 0.105 e. The molecule has 0 aliphatic rings. The molecule has 1 unspecified atom stereocenters. The third-order valence-electron chi connectivity index (χ3n) is 2.07. The molecule has 0 saturated heterocycles. The number of hydrogen-bond acceptors (Lipinski definition) is 3. The van der Waals surface area contributed by atoms with Crippen molar-refractivity contribution in [3.05, 3.63) is 24.3 Å². The maximum atomic E-state index is 5.65. The Morgan fingerprint density at radius 1 is 0.739 bits per heavy atom. The second kappa shape index (κ2) is 37.5. The SMILES string of the molecule is C.C.C.C.C.C.C/C=C/COCC(COCCC)OC/C=C/C. The molecule has 0 aliphatic carbocycles. The Hall–Kier alpha value is -0.640. The molecule has 0 aromatic rings. The summed E-state index contributed by atoms with van der Waals surface area (Å²) in [6, 6.07) is 0. The Labute approximate surface area is 150 Å². The van der Waals surface area contributed by atoms with Crippen LogP contribution in [0.3, 0.4) is 0 Å². The van der Waals surface area contributed by atoms with Crippen LogP contribution in [0.5, 0.6) is 0 Å². The lowest BCUT2D eigenvalue weighted by Crippen LogP contribution is -2.26. The zero-order valence-electron chi connectivity index (χ0n) is 11.4. The number of rotatable bonds is 11. The predicted octanol–water partition coefficient (Wildman–Crippen LogP) is 6.78. The van der Waals surface area contributed by atoms with Crippen molar-refractivity contribution in [2.75, 3.05) is 33.0 Å². The van der Waals surface area contributed by atoms with Crippen LogP contribution >= 0.6 is 0 Å². The minimum atomic E-state index is 0. The van der Waals surface area contributed by atoms with Gasteiger partial charge in [-0.3, -0.25) is 0 Å². The molecule has 0 N–H and O–H groups in total. The van der Waals surface area contributed by atoms with Crippen LogP contribution in [-0.4, -0.2) is 39.1 Å². The summed E-state index contributed by atoms with van der Waals surface area (Å²) < 4.78 is 16.6. The van der Waals surface area contributed by atoms with Crippen molar-refractivity contribution in [2.45, 2.75) is 77.9 Å². The monoisotopic (exact) mass is 338 g/mol. The number of hydrogen-bond donors (Lipinski definition) is 0. The van der Waals surface area contributed by atoms with Crippen LogP contribution in [0.1, 0.15) is 71.8 Å². The highest BCUT2D eigenvalue weighted by molar-refractivity contribution is 4.78. The van der Waals surface area contributed by atoms with Crippen LogP contribution in [0, 0.1) is 0 Å². The van der Waals surface area contributed by atoms with Crippen LogP contribution in [0.15, 0.2) is 24.3 Å². The summed E-state index contributed by atoms with van der Waals surface area (Å²) >= 11 is 0. The van der Waals surface area contributed by atoms with Gasteiger partial charge in [-0.2, -0.15) is 0 Å². The normalized spacial score (nSPS) is 10.2. The van der Waals surface area contributed by atoms with Gasteiger partial charge < -0.3 is 14.2 Å². The second-order valence-corrected chi connectivity index (χ2v) is 3.71. The van der Waals surface area contributed by atoms with Gasteiger partial charge in [0.15, 0.2) is 0 Å². The molecule has 0 heterocycles. The molecular formula is C20H50O3. The van der Waals surface area contributed by atoms with E-state index in [-0.39, 0.29) is 50.7 Å². The Kier molecular flexibility index (Phi) is 70.6. The van der Waals surface area contributed by atoms with Gasteiger partial charge in [0.1, 0.15) is 6.10 Å².